The van der Waals surface area contributed by atoms with Gasteiger partial charge in [-0.05, 0) is 19.0 Å². The van der Waals surface area contributed by atoms with E-state index >= 15 is 0 Å². The molecule has 0 spiro atoms. The molecule has 1 rings (SSSR count). The minimum Gasteiger partial charge on any atom is -0.494 e. The summed E-state index contributed by atoms with van der Waals surface area (Å²) in [5, 5.41) is 0. The maximum atomic E-state index is 7.20. The molecule has 0 saturated carbocycles. The number of hydrogen-bond acceptors (Lipinski definition) is 1. The summed E-state index contributed by atoms with van der Waals surface area (Å²) in [5.41, 5.74) is 0. The van der Waals surface area contributed by atoms with Gasteiger partial charge in [0.1, 0.15) is 5.75 Å². The highest BCUT2D eigenvalue weighted by atomic mass is 16.5. The van der Waals surface area contributed by atoms with Crippen LogP contribution in [0.4, 0.5) is 0 Å². The third kappa shape index (κ3) is 1.76. The molecule has 0 aliphatic heterocycles. The predicted molar refractivity (Wildman–Crippen MR) is 37.6 cm³/mol. The Bertz CT molecular complexity index is 292. The van der Waals surface area contributed by atoms with Crippen LogP contribution in [0, 0.1) is 0 Å². The summed E-state index contributed by atoms with van der Waals surface area (Å²) in [7, 11) is 0. The van der Waals surface area contributed by atoms with Crippen LogP contribution in [0.5, 0.6) is 5.75 Å². The Balaban J connectivity index is 2.79. The van der Waals surface area contributed by atoms with Crippen molar-refractivity contribution in [2.75, 3.05) is 6.56 Å². The summed E-state index contributed by atoms with van der Waals surface area (Å²) in [6.07, 6.45) is 0. The largest absolute Gasteiger partial charge is 0.494 e. The summed E-state index contributed by atoms with van der Waals surface area (Å²) in [6.45, 7) is -5.45. The average molecular weight is 127 g/mol. The monoisotopic (exact) mass is 127 g/mol. The molecule has 9 heavy (non-hydrogen) atoms. The van der Waals surface area contributed by atoms with Crippen LogP contribution in [-0.2, 0) is 0 Å². The first-order valence-corrected chi connectivity index (χ1v) is 2.57. The molecule has 0 bridgehead atoms. The van der Waals surface area contributed by atoms with E-state index in [1.807, 2.05) is 0 Å². The zero-order valence-corrected chi connectivity index (χ0v) is 4.79. The van der Waals surface area contributed by atoms with E-state index in [2.05, 4.69) is 0 Å². The van der Waals surface area contributed by atoms with Gasteiger partial charge in [-0.15, -0.1) is 0 Å². The Kier molecular flexibility index (Phi) is 0.810. The second kappa shape index (κ2) is 3.13. The third-order valence-electron chi connectivity index (χ3n) is 0.912. The smallest absolute Gasteiger partial charge is 0.119 e. The Labute approximate surface area is 62.3 Å². The zero-order valence-electron chi connectivity index (χ0n) is 9.79. The van der Waals surface area contributed by atoms with Crippen molar-refractivity contribution in [2.24, 2.45) is 0 Å². The van der Waals surface area contributed by atoms with Crippen LogP contribution in [0.15, 0.2) is 30.3 Å². The number of rotatable bonds is 2. The molecule has 0 aromatic heterocycles. The Hall–Kier alpha value is -0.980. The van der Waals surface area contributed by atoms with Gasteiger partial charge in [-0.1, -0.05) is 18.2 Å². The van der Waals surface area contributed by atoms with E-state index in [9.17, 15) is 0 Å². The highest BCUT2D eigenvalue weighted by Crippen LogP contribution is 2.06. The van der Waals surface area contributed by atoms with E-state index in [-0.39, 0.29) is 5.75 Å². The van der Waals surface area contributed by atoms with Crippen LogP contribution in [0.1, 0.15) is 13.7 Å². The van der Waals surface area contributed by atoms with Gasteiger partial charge in [0.25, 0.3) is 0 Å². The molecule has 1 heteroatoms. The van der Waals surface area contributed by atoms with Gasteiger partial charge in [0.05, 0.1) is 9.30 Å². The van der Waals surface area contributed by atoms with Gasteiger partial charge in [0, 0.05) is 4.11 Å². The van der Waals surface area contributed by atoms with Crippen LogP contribution in [0.3, 0.4) is 0 Å². The van der Waals surface area contributed by atoms with Crippen molar-refractivity contribution in [2.45, 2.75) is 6.85 Å². The lowest BCUT2D eigenvalue weighted by Gasteiger charge is -1.99. The zero-order chi connectivity index (χ0) is 10.8. The average Bonchev–Trinajstić information content (AvgIpc) is 2.03. The molecule has 0 amide bonds. The van der Waals surface area contributed by atoms with Crippen molar-refractivity contribution >= 4 is 0 Å². The molecule has 0 saturated heterocycles. The summed E-state index contributed by atoms with van der Waals surface area (Å²) < 4.78 is 39.9. The van der Waals surface area contributed by atoms with Crippen LogP contribution in [0.25, 0.3) is 0 Å². The highest BCUT2D eigenvalue weighted by molar-refractivity contribution is 5.20. The fourth-order valence-corrected chi connectivity index (χ4v) is 0.547. The van der Waals surface area contributed by atoms with Gasteiger partial charge in [-0.2, -0.15) is 0 Å². The molecule has 0 fully saturated rings. The molecule has 0 aliphatic rings. The molecule has 0 N–H and O–H groups in total. The highest BCUT2D eigenvalue weighted by Gasteiger charge is 1.83. The first-order chi connectivity index (χ1) is 6.33. The van der Waals surface area contributed by atoms with E-state index in [1.54, 1.807) is 18.2 Å². The Morgan fingerprint density at radius 1 is 1.56 bits per heavy atom. The van der Waals surface area contributed by atoms with E-state index in [0.29, 0.717) is 0 Å². The van der Waals surface area contributed by atoms with E-state index in [1.165, 1.54) is 12.1 Å². The van der Waals surface area contributed by atoms with Crippen LogP contribution >= 0.6 is 0 Å². The molecule has 1 aromatic carbocycles. The Morgan fingerprint density at radius 3 is 3.00 bits per heavy atom. The molecule has 0 heterocycles. The molecule has 0 radical (unpaired) electrons. The van der Waals surface area contributed by atoms with Gasteiger partial charge in [0.2, 0.25) is 0 Å². The first-order valence-electron chi connectivity index (χ1n) is 5.07. The molecule has 0 aliphatic carbocycles. The van der Waals surface area contributed by atoms with Gasteiger partial charge in [-0.3, -0.25) is 0 Å². The summed E-state index contributed by atoms with van der Waals surface area (Å²) in [6, 6.07) is 8.03. The molecule has 1 nitrogen and oxygen atoms in total. The number of para-hydroxylation sites is 1. The van der Waals surface area contributed by atoms with E-state index in [0.717, 1.165) is 0 Å². The van der Waals surface area contributed by atoms with Crippen molar-refractivity contribution < 1.29 is 11.6 Å². The van der Waals surface area contributed by atoms with Crippen molar-refractivity contribution in [3.8, 4) is 5.75 Å². The minimum atomic E-state index is -2.79. The molecular weight excluding hydrogens is 112 g/mol. The maximum absolute atomic E-state index is 7.20. The Morgan fingerprint density at radius 2 is 2.33 bits per heavy atom. The lowest BCUT2D eigenvalue weighted by Crippen LogP contribution is -1.89. The molecule has 48 valence electrons. The number of ether oxygens (including phenoxy) is 1. The minimum absolute atomic E-state index is 0.202. The summed E-state index contributed by atoms with van der Waals surface area (Å²) >= 11 is 0. The van der Waals surface area contributed by atoms with Crippen LogP contribution in [0.2, 0.25) is 0 Å². The van der Waals surface area contributed by atoms with Crippen molar-refractivity contribution in [1.82, 2.24) is 0 Å². The summed E-state index contributed by atoms with van der Waals surface area (Å²) in [5.74, 6) is 0.202. The molecule has 0 unspecified atom stereocenters. The standard InChI is InChI=1S/C8H10O/c1-2-9-8-6-4-3-5-7-8/h3-7H,2H2,1H3/i1D3,2D2. The predicted octanol–water partition coefficient (Wildman–Crippen LogP) is 2.09. The van der Waals surface area contributed by atoms with Gasteiger partial charge >= 0.3 is 0 Å². The van der Waals surface area contributed by atoms with Crippen molar-refractivity contribution in [1.29, 1.82) is 0 Å². The number of hydrogen-bond donors (Lipinski definition) is 0. The molecule has 1 aromatic rings. The SMILES string of the molecule is [2H]C([2H])([2H])C([2H])([2H])Oc1ccccc1. The third-order valence-corrected chi connectivity index (χ3v) is 0.912. The van der Waals surface area contributed by atoms with Crippen LogP contribution < -0.4 is 4.74 Å². The fraction of sp³-hybridized carbons (Fsp3) is 0.250. The molecule has 0 atom stereocenters. The normalized spacial score (nSPS) is 20.2. The van der Waals surface area contributed by atoms with Crippen LogP contribution in [-0.4, -0.2) is 6.56 Å². The fourth-order valence-electron chi connectivity index (χ4n) is 0.547. The summed E-state index contributed by atoms with van der Waals surface area (Å²) in [4.78, 5) is 0. The topological polar surface area (TPSA) is 9.23 Å². The van der Waals surface area contributed by atoms with E-state index < -0.39 is 13.4 Å². The van der Waals surface area contributed by atoms with Gasteiger partial charge < -0.3 is 4.74 Å². The second-order valence-electron chi connectivity index (χ2n) is 1.52. The molecular formula is C8H10O. The van der Waals surface area contributed by atoms with Gasteiger partial charge in [-0.25, -0.2) is 0 Å². The lowest BCUT2D eigenvalue weighted by atomic mass is 10.3. The maximum Gasteiger partial charge on any atom is 0.119 e. The van der Waals surface area contributed by atoms with E-state index in [4.69, 9.17) is 11.6 Å². The second-order valence-corrected chi connectivity index (χ2v) is 1.52. The van der Waals surface area contributed by atoms with Gasteiger partial charge in [0.15, 0.2) is 0 Å². The quantitative estimate of drug-likeness (QED) is 0.591. The van der Waals surface area contributed by atoms with Crippen molar-refractivity contribution in [3.63, 3.8) is 0 Å². The lowest BCUT2D eigenvalue weighted by molar-refractivity contribution is 0.340. The van der Waals surface area contributed by atoms with Crippen molar-refractivity contribution in [3.05, 3.63) is 30.3 Å². The first kappa shape index (κ1) is 2.33. The number of benzene rings is 1.